The van der Waals surface area contributed by atoms with Gasteiger partial charge in [0.25, 0.3) is 11.6 Å². The predicted octanol–water partition coefficient (Wildman–Crippen LogP) is 3.99. The maximum absolute atomic E-state index is 12.9. The minimum absolute atomic E-state index is 0.312. The van der Waals surface area contributed by atoms with Crippen LogP contribution in [0, 0.1) is 6.92 Å². The van der Waals surface area contributed by atoms with Gasteiger partial charge in [-0.15, -0.1) is 0 Å². The van der Waals surface area contributed by atoms with E-state index >= 15 is 0 Å². The van der Waals surface area contributed by atoms with Crippen molar-refractivity contribution in [1.29, 1.82) is 0 Å². The molecule has 1 aliphatic carbocycles. The van der Waals surface area contributed by atoms with Crippen molar-refractivity contribution in [2.24, 2.45) is 0 Å². The number of fused-ring (bicyclic) bond motifs is 1. The van der Waals surface area contributed by atoms with E-state index in [1.165, 1.54) is 6.92 Å². The van der Waals surface area contributed by atoms with E-state index in [-0.39, 0.29) is 0 Å². The van der Waals surface area contributed by atoms with Gasteiger partial charge < -0.3 is 19.3 Å². The summed E-state index contributed by atoms with van der Waals surface area (Å²) in [6.45, 7) is 5.59. The Balaban J connectivity index is 1.52. The molecule has 8 heteroatoms. The van der Waals surface area contributed by atoms with Crippen LogP contribution in [0.15, 0.2) is 34.9 Å². The zero-order chi connectivity index (χ0) is 21.3. The number of para-hydroxylation sites is 2. The Bertz CT molecular complexity index is 1100. The minimum atomic E-state index is -1.01. The molecule has 0 saturated heterocycles. The smallest absolute Gasteiger partial charge is 0.339 e. The number of ether oxygens (including phenoxy) is 2. The molecule has 0 radical (unpaired) electrons. The number of esters is 1. The van der Waals surface area contributed by atoms with E-state index in [1.54, 1.807) is 31.2 Å². The molecular weight excluding hydrogens is 386 g/mol. The molecular formula is C22H23N3O5. The van der Waals surface area contributed by atoms with E-state index in [0.29, 0.717) is 46.3 Å². The van der Waals surface area contributed by atoms with E-state index in [0.717, 1.165) is 18.5 Å². The van der Waals surface area contributed by atoms with Crippen molar-refractivity contribution in [1.82, 2.24) is 10.1 Å². The number of anilines is 1. The van der Waals surface area contributed by atoms with E-state index in [1.807, 2.05) is 13.0 Å². The highest BCUT2D eigenvalue weighted by molar-refractivity contribution is 6.05. The molecule has 4 rings (SSSR count). The van der Waals surface area contributed by atoms with Crippen molar-refractivity contribution in [3.63, 3.8) is 0 Å². The maximum atomic E-state index is 12.9. The van der Waals surface area contributed by atoms with E-state index < -0.39 is 18.0 Å². The van der Waals surface area contributed by atoms with Crippen LogP contribution in [0.5, 0.6) is 5.75 Å². The van der Waals surface area contributed by atoms with Gasteiger partial charge in [0.2, 0.25) is 0 Å². The summed E-state index contributed by atoms with van der Waals surface area (Å²) >= 11 is 0. The minimum Gasteiger partial charge on any atom is -0.492 e. The first-order valence-corrected chi connectivity index (χ1v) is 9.98. The average molecular weight is 409 g/mol. The third-order valence-corrected chi connectivity index (χ3v) is 4.95. The van der Waals surface area contributed by atoms with Crippen LogP contribution in [-0.4, -0.2) is 34.7 Å². The lowest BCUT2D eigenvalue weighted by molar-refractivity contribution is -0.123. The van der Waals surface area contributed by atoms with Crippen LogP contribution in [0.25, 0.3) is 11.1 Å². The van der Waals surface area contributed by atoms with Crippen LogP contribution in [0.2, 0.25) is 0 Å². The van der Waals surface area contributed by atoms with Crippen LogP contribution in [0.4, 0.5) is 5.69 Å². The molecule has 0 spiro atoms. The van der Waals surface area contributed by atoms with Gasteiger partial charge in [-0.1, -0.05) is 17.3 Å². The zero-order valence-electron chi connectivity index (χ0n) is 17.1. The molecule has 3 aromatic rings. The van der Waals surface area contributed by atoms with Gasteiger partial charge in [-0.2, -0.15) is 0 Å². The number of hydrogen-bond acceptors (Lipinski definition) is 7. The predicted molar refractivity (Wildman–Crippen MR) is 110 cm³/mol. The number of carbonyl (C=O) groups is 2. The summed E-state index contributed by atoms with van der Waals surface area (Å²) in [6, 6.07) is 8.82. The Morgan fingerprint density at radius 2 is 2.07 bits per heavy atom. The number of hydrogen-bond donors (Lipinski definition) is 1. The molecule has 1 N–H and O–H groups in total. The third-order valence-electron chi connectivity index (χ3n) is 4.95. The summed E-state index contributed by atoms with van der Waals surface area (Å²) in [5.41, 5.74) is 2.48. The fourth-order valence-electron chi connectivity index (χ4n) is 3.23. The lowest BCUT2D eigenvalue weighted by Gasteiger charge is -2.16. The number of amides is 1. The molecule has 2 aromatic heterocycles. The van der Waals surface area contributed by atoms with Crippen LogP contribution in [-0.2, 0) is 9.53 Å². The topological polar surface area (TPSA) is 104 Å². The van der Waals surface area contributed by atoms with Crippen molar-refractivity contribution < 1.29 is 23.6 Å². The Labute approximate surface area is 173 Å². The number of aryl methyl sites for hydroxylation is 1. The van der Waals surface area contributed by atoms with Gasteiger partial charge in [0, 0.05) is 11.6 Å². The summed E-state index contributed by atoms with van der Waals surface area (Å²) in [7, 11) is 0. The number of rotatable bonds is 7. The Hall–Kier alpha value is -3.42. The lowest BCUT2D eigenvalue weighted by atomic mass is 10.1. The maximum Gasteiger partial charge on any atom is 0.339 e. The number of nitrogens with one attached hydrogen (secondary N) is 1. The largest absolute Gasteiger partial charge is 0.492 e. The molecule has 30 heavy (non-hydrogen) atoms. The van der Waals surface area contributed by atoms with Crippen LogP contribution in [0.1, 0.15) is 54.4 Å². The van der Waals surface area contributed by atoms with Crippen molar-refractivity contribution in [3.05, 3.63) is 47.3 Å². The summed E-state index contributed by atoms with van der Waals surface area (Å²) in [5.74, 6) is -0.194. The summed E-state index contributed by atoms with van der Waals surface area (Å²) < 4.78 is 16.2. The molecule has 1 aromatic carbocycles. The quantitative estimate of drug-likeness (QED) is 0.588. The van der Waals surface area contributed by atoms with Gasteiger partial charge in [0.05, 0.1) is 28.9 Å². The molecule has 0 bridgehead atoms. The molecule has 8 nitrogen and oxygen atoms in total. The van der Waals surface area contributed by atoms with Crippen molar-refractivity contribution >= 4 is 28.7 Å². The van der Waals surface area contributed by atoms with Crippen LogP contribution in [0.3, 0.4) is 0 Å². The van der Waals surface area contributed by atoms with Crippen LogP contribution < -0.4 is 10.1 Å². The highest BCUT2D eigenvalue weighted by atomic mass is 16.5. The second-order valence-electron chi connectivity index (χ2n) is 7.28. The molecule has 1 unspecified atom stereocenters. The molecule has 1 fully saturated rings. The van der Waals surface area contributed by atoms with Gasteiger partial charge >= 0.3 is 5.97 Å². The van der Waals surface area contributed by atoms with Gasteiger partial charge in [0.15, 0.2) is 6.10 Å². The summed E-state index contributed by atoms with van der Waals surface area (Å²) in [6.07, 6.45) is 1.04. The second-order valence-corrected chi connectivity index (χ2v) is 7.28. The molecule has 2 heterocycles. The molecule has 1 saturated carbocycles. The van der Waals surface area contributed by atoms with E-state index in [9.17, 15) is 9.59 Å². The first-order chi connectivity index (χ1) is 14.5. The molecule has 0 aliphatic heterocycles. The highest BCUT2D eigenvalue weighted by Crippen LogP contribution is 2.40. The molecule has 1 atom stereocenters. The van der Waals surface area contributed by atoms with E-state index in [4.69, 9.17) is 14.0 Å². The lowest BCUT2D eigenvalue weighted by Crippen LogP contribution is -2.30. The fraction of sp³-hybridized carbons (Fsp3) is 0.364. The highest BCUT2D eigenvalue weighted by Gasteiger charge is 2.30. The van der Waals surface area contributed by atoms with Gasteiger partial charge in [0.1, 0.15) is 5.75 Å². The first kappa shape index (κ1) is 19.9. The SMILES string of the molecule is CCOc1ccccc1NC(=O)C(C)OC(=O)c1cc(C2CC2)nc2onc(C)c12. The first-order valence-electron chi connectivity index (χ1n) is 9.98. The van der Waals surface area contributed by atoms with Crippen molar-refractivity contribution in [2.45, 2.75) is 45.6 Å². The summed E-state index contributed by atoms with van der Waals surface area (Å²) in [5, 5.41) is 7.18. The van der Waals surface area contributed by atoms with Crippen molar-refractivity contribution in [2.75, 3.05) is 11.9 Å². The Morgan fingerprint density at radius 1 is 1.30 bits per heavy atom. The number of aromatic nitrogens is 2. The normalized spacial score (nSPS) is 14.4. The number of pyridine rings is 1. The summed E-state index contributed by atoms with van der Waals surface area (Å²) in [4.78, 5) is 30.0. The van der Waals surface area contributed by atoms with Crippen LogP contribution >= 0.6 is 0 Å². The zero-order valence-corrected chi connectivity index (χ0v) is 17.1. The number of nitrogens with zero attached hydrogens (tertiary/aromatic N) is 2. The monoisotopic (exact) mass is 409 g/mol. The Morgan fingerprint density at radius 3 is 2.80 bits per heavy atom. The number of benzene rings is 1. The molecule has 156 valence electrons. The molecule has 1 aliphatic rings. The van der Waals surface area contributed by atoms with Crippen molar-refractivity contribution in [3.8, 4) is 5.75 Å². The average Bonchev–Trinajstić information content (AvgIpc) is 3.52. The van der Waals surface area contributed by atoms with Gasteiger partial charge in [-0.3, -0.25) is 4.79 Å². The standard InChI is InChI=1S/C22H23N3O5/c1-4-28-18-8-6-5-7-16(18)23-20(26)13(3)29-22(27)15-11-17(14-9-10-14)24-21-19(15)12(2)25-30-21/h5-8,11,13-14H,4,9-10H2,1-3H3,(H,23,26). The Kier molecular flexibility index (Phi) is 5.39. The van der Waals surface area contributed by atoms with Gasteiger partial charge in [-0.25, -0.2) is 9.78 Å². The molecule has 1 amide bonds. The van der Waals surface area contributed by atoms with E-state index in [2.05, 4.69) is 15.5 Å². The second kappa shape index (κ2) is 8.14. The third kappa shape index (κ3) is 3.98. The van der Waals surface area contributed by atoms with Gasteiger partial charge in [-0.05, 0) is 51.8 Å². The number of carbonyl (C=O) groups excluding carboxylic acids is 2. The fourth-order valence-corrected chi connectivity index (χ4v) is 3.23.